The highest BCUT2D eigenvalue weighted by Gasteiger charge is 2.38. The Kier molecular flexibility index (Phi) is 4.53. The second-order valence-electron chi connectivity index (χ2n) is 3.95. The molecule has 10 heteroatoms. The van der Waals surface area contributed by atoms with Crippen molar-refractivity contribution in [1.82, 2.24) is 19.9 Å². The normalized spacial score (nSPS) is 12.0. The molecule has 2 rings (SSSR count). The van der Waals surface area contributed by atoms with Gasteiger partial charge in [0.15, 0.2) is 0 Å². The van der Waals surface area contributed by atoms with E-state index in [4.69, 9.17) is 5.84 Å². The van der Waals surface area contributed by atoms with Gasteiger partial charge in [-0.1, -0.05) is 18.7 Å². The first-order valence-electron chi connectivity index (χ1n) is 5.75. The van der Waals surface area contributed by atoms with Crippen LogP contribution in [0.25, 0.3) is 0 Å². The van der Waals surface area contributed by atoms with Crippen LogP contribution in [-0.2, 0) is 18.3 Å². The molecule has 5 nitrogen and oxygen atoms in total. The van der Waals surface area contributed by atoms with E-state index in [1.165, 1.54) is 0 Å². The number of halogens is 3. The lowest BCUT2D eigenvalue weighted by molar-refractivity contribution is -0.146. The molecule has 0 aromatic carbocycles. The third kappa shape index (κ3) is 3.42. The summed E-state index contributed by atoms with van der Waals surface area (Å²) in [6, 6.07) is 0. The summed E-state index contributed by atoms with van der Waals surface area (Å²) in [5, 5.41) is 9.43. The van der Waals surface area contributed by atoms with Crippen molar-refractivity contribution < 1.29 is 13.2 Å². The van der Waals surface area contributed by atoms with E-state index in [0.29, 0.717) is 10.4 Å². The highest BCUT2D eigenvalue weighted by atomic mass is 32.2. The summed E-state index contributed by atoms with van der Waals surface area (Å²) in [6.45, 7) is 2.06. The third-order valence-corrected chi connectivity index (χ3v) is 4.26. The van der Waals surface area contributed by atoms with E-state index in [1.807, 2.05) is 5.38 Å². The van der Waals surface area contributed by atoms with Crippen LogP contribution in [0.3, 0.4) is 0 Å². The molecule has 110 valence electrons. The highest BCUT2D eigenvalue weighted by molar-refractivity contribution is 7.98. The predicted octanol–water partition coefficient (Wildman–Crippen LogP) is 2.71. The van der Waals surface area contributed by atoms with Crippen molar-refractivity contribution in [3.05, 3.63) is 21.9 Å². The molecule has 2 N–H and O–H groups in total. The first-order chi connectivity index (χ1) is 9.41. The van der Waals surface area contributed by atoms with Gasteiger partial charge in [0, 0.05) is 11.1 Å². The van der Waals surface area contributed by atoms with Crippen molar-refractivity contribution in [3.63, 3.8) is 0 Å². The second-order valence-corrected chi connectivity index (χ2v) is 5.83. The van der Waals surface area contributed by atoms with Crippen LogP contribution >= 0.6 is 23.1 Å². The minimum atomic E-state index is -4.60. The Bertz CT molecular complexity index is 578. The number of thiazole rings is 1. The Balaban J connectivity index is 2.02. The molecule has 0 aliphatic heterocycles. The number of thioether (sulfide) groups is 1. The highest BCUT2D eigenvalue weighted by Crippen LogP contribution is 2.29. The van der Waals surface area contributed by atoms with Gasteiger partial charge in [0.1, 0.15) is 0 Å². The van der Waals surface area contributed by atoms with Crippen molar-refractivity contribution in [1.29, 1.82) is 0 Å². The molecule has 0 fully saturated rings. The number of nitrogens with zero attached hydrogens (tertiary/aromatic N) is 4. The minimum Gasteiger partial charge on any atom is -0.335 e. The van der Waals surface area contributed by atoms with E-state index in [2.05, 4.69) is 22.1 Å². The molecule has 0 atom stereocenters. The zero-order valence-corrected chi connectivity index (χ0v) is 12.1. The number of nitrogens with two attached hydrogens (primary N) is 1. The molecule has 0 bridgehead atoms. The Morgan fingerprint density at radius 3 is 2.75 bits per heavy atom. The number of alkyl halides is 3. The number of rotatable bonds is 5. The zero-order valence-electron chi connectivity index (χ0n) is 10.5. The molecule has 0 aliphatic rings. The van der Waals surface area contributed by atoms with E-state index >= 15 is 0 Å². The number of hydrogen-bond donors (Lipinski definition) is 1. The van der Waals surface area contributed by atoms with Crippen LogP contribution in [0.15, 0.2) is 10.5 Å². The van der Waals surface area contributed by atoms with Crippen molar-refractivity contribution in [2.24, 2.45) is 0 Å². The SMILES string of the molecule is CCCc1nc(CSc2nnc(C(F)(F)F)n2N)cs1. The Hall–Kier alpha value is -1.29. The number of aryl methyl sites for hydroxylation is 1. The first kappa shape index (κ1) is 15.1. The summed E-state index contributed by atoms with van der Waals surface area (Å²) < 4.78 is 37.9. The molecule has 0 aliphatic carbocycles. The molecule has 0 saturated heterocycles. The van der Waals surface area contributed by atoms with Gasteiger partial charge in [-0.05, 0) is 12.8 Å². The maximum Gasteiger partial charge on any atom is 0.453 e. The lowest BCUT2D eigenvalue weighted by Crippen LogP contribution is -2.21. The Morgan fingerprint density at radius 2 is 2.15 bits per heavy atom. The van der Waals surface area contributed by atoms with Gasteiger partial charge in [0.05, 0.1) is 10.7 Å². The van der Waals surface area contributed by atoms with E-state index < -0.39 is 12.0 Å². The van der Waals surface area contributed by atoms with E-state index in [-0.39, 0.29) is 5.16 Å². The molecular formula is C10H12F3N5S2. The summed E-state index contributed by atoms with van der Waals surface area (Å²) in [4.78, 5) is 4.38. The zero-order chi connectivity index (χ0) is 14.8. The average Bonchev–Trinajstić information content (AvgIpc) is 2.93. The van der Waals surface area contributed by atoms with Crippen LogP contribution in [0.4, 0.5) is 13.2 Å². The minimum absolute atomic E-state index is 0.0161. The second kappa shape index (κ2) is 6.00. The lowest BCUT2D eigenvalue weighted by atomic mass is 10.3. The molecule has 2 aromatic heterocycles. The van der Waals surface area contributed by atoms with E-state index in [1.54, 1.807) is 11.3 Å². The van der Waals surface area contributed by atoms with Gasteiger partial charge in [0.25, 0.3) is 5.82 Å². The van der Waals surface area contributed by atoms with E-state index in [9.17, 15) is 13.2 Å². The van der Waals surface area contributed by atoms with Crippen LogP contribution in [0.5, 0.6) is 0 Å². The van der Waals surface area contributed by atoms with Gasteiger partial charge in [-0.2, -0.15) is 13.2 Å². The summed E-state index contributed by atoms with van der Waals surface area (Å²) in [5.74, 6) is 4.55. The van der Waals surface area contributed by atoms with Crippen LogP contribution < -0.4 is 5.84 Å². The van der Waals surface area contributed by atoms with Crippen LogP contribution in [0.1, 0.15) is 29.9 Å². The van der Waals surface area contributed by atoms with Crippen molar-refractivity contribution >= 4 is 23.1 Å². The Morgan fingerprint density at radius 1 is 1.40 bits per heavy atom. The molecule has 0 radical (unpaired) electrons. The predicted molar refractivity (Wildman–Crippen MR) is 70.8 cm³/mol. The number of aromatic nitrogens is 4. The summed E-state index contributed by atoms with van der Waals surface area (Å²) in [5.41, 5.74) is 0.806. The third-order valence-electron chi connectivity index (χ3n) is 2.33. The van der Waals surface area contributed by atoms with Crippen molar-refractivity contribution in [3.8, 4) is 0 Å². The smallest absolute Gasteiger partial charge is 0.335 e. The first-order valence-corrected chi connectivity index (χ1v) is 7.62. The topological polar surface area (TPSA) is 69.6 Å². The largest absolute Gasteiger partial charge is 0.453 e. The van der Waals surface area contributed by atoms with E-state index in [0.717, 1.165) is 35.3 Å². The summed E-state index contributed by atoms with van der Waals surface area (Å²) in [6.07, 6.45) is -2.69. The van der Waals surface area contributed by atoms with Crippen molar-refractivity contribution in [2.75, 3.05) is 5.84 Å². The molecule has 2 heterocycles. The molecule has 2 aromatic rings. The molecule has 0 spiro atoms. The van der Waals surface area contributed by atoms with Crippen LogP contribution in [0.2, 0.25) is 0 Å². The van der Waals surface area contributed by atoms with Crippen molar-refractivity contribution in [2.45, 2.75) is 36.9 Å². The molecule has 0 amide bonds. The average molecular weight is 323 g/mol. The monoisotopic (exact) mass is 323 g/mol. The number of hydrogen-bond acceptors (Lipinski definition) is 6. The van der Waals surface area contributed by atoms with Gasteiger partial charge in [-0.3, -0.25) is 0 Å². The summed E-state index contributed by atoms with van der Waals surface area (Å²) >= 11 is 2.62. The maximum absolute atomic E-state index is 12.5. The molecule has 0 unspecified atom stereocenters. The molecule has 0 saturated carbocycles. The van der Waals surface area contributed by atoms with Gasteiger partial charge >= 0.3 is 6.18 Å². The fourth-order valence-corrected chi connectivity index (χ4v) is 3.21. The van der Waals surface area contributed by atoms with Gasteiger partial charge < -0.3 is 5.84 Å². The fraction of sp³-hybridized carbons (Fsp3) is 0.500. The quantitative estimate of drug-likeness (QED) is 0.677. The fourth-order valence-electron chi connectivity index (χ4n) is 1.45. The lowest BCUT2D eigenvalue weighted by Gasteiger charge is -2.05. The Labute approximate surface area is 121 Å². The summed E-state index contributed by atoms with van der Waals surface area (Å²) in [7, 11) is 0. The standard InChI is InChI=1S/C10H12F3N5S2/c1-2-3-7-15-6(4-19-7)5-20-9-17-16-8(18(9)14)10(11,12)13/h4H,2-3,5,14H2,1H3. The van der Waals surface area contributed by atoms with Gasteiger partial charge in [-0.25, -0.2) is 9.66 Å². The number of nitrogen functional groups attached to an aromatic ring is 1. The maximum atomic E-state index is 12.5. The van der Waals surface area contributed by atoms with Crippen LogP contribution in [0, 0.1) is 0 Å². The molecule has 20 heavy (non-hydrogen) atoms. The molecular weight excluding hydrogens is 311 g/mol. The van der Waals surface area contributed by atoms with Crippen LogP contribution in [-0.4, -0.2) is 19.9 Å². The van der Waals surface area contributed by atoms with Gasteiger partial charge in [-0.15, -0.1) is 21.5 Å². The van der Waals surface area contributed by atoms with Gasteiger partial charge in [0.2, 0.25) is 5.16 Å².